The number of esters is 1. The van der Waals surface area contributed by atoms with E-state index in [1.165, 1.54) is 12.0 Å². The monoisotopic (exact) mass is 286 g/mol. The van der Waals surface area contributed by atoms with Gasteiger partial charge in [-0.15, -0.1) is 0 Å². The predicted octanol–water partition coefficient (Wildman–Crippen LogP) is 0.675. The van der Waals surface area contributed by atoms with Crippen molar-refractivity contribution < 1.29 is 23.9 Å². The van der Waals surface area contributed by atoms with Gasteiger partial charge in [-0.25, -0.2) is 9.59 Å². The van der Waals surface area contributed by atoms with Gasteiger partial charge in [0.2, 0.25) is 5.91 Å². The Morgan fingerprint density at radius 2 is 1.95 bits per heavy atom. The Morgan fingerprint density at radius 3 is 2.40 bits per heavy atom. The van der Waals surface area contributed by atoms with Crippen molar-refractivity contribution in [1.29, 1.82) is 0 Å². The summed E-state index contributed by atoms with van der Waals surface area (Å²) in [5.74, 6) is -0.576. The Kier molecular flexibility index (Phi) is 5.35. The fourth-order valence-electron chi connectivity index (χ4n) is 1.80. The zero-order valence-electron chi connectivity index (χ0n) is 12.4. The lowest BCUT2D eigenvalue weighted by atomic mass is 10.0. The molecule has 1 heterocycles. The molecule has 1 N–H and O–H groups in total. The second-order valence-corrected chi connectivity index (χ2v) is 5.59. The van der Waals surface area contributed by atoms with Crippen LogP contribution in [-0.2, 0) is 19.1 Å². The minimum atomic E-state index is -0.568. The van der Waals surface area contributed by atoms with Crippen LogP contribution in [0, 0.1) is 0 Å². The van der Waals surface area contributed by atoms with Crippen LogP contribution in [-0.4, -0.2) is 54.7 Å². The Labute approximate surface area is 118 Å². The van der Waals surface area contributed by atoms with E-state index in [1.807, 2.05) is 0 Å². The first-order valence-corrected chi connectivity index (χ1v) is 6.59. The first kappa shape index (κ1) is 16.3. The van der Waals surface area contributed by atoms with Crippen molar-refractivity contribution >= 4 is 18.0 Å². The molecule has 1 rings (SSSR count). The molecular formula is C13H22N2O5. The lowest BCUT2D eigenvalue weighted by Gasteiger charge is -2.38. The number of carbonyl (C=O) groups excluding carboxylic acids is 3. The maximum Gasteiger partial charge on any atom is 0.407 e. The number of carbonyl (C=O) groups is 3. The number of ether oxygens (including phenoxy) is 2. The SMILES string of the molecule is COC(=O)C1CCN1C(=O)CCNC(=O)OC(C)(C)C. The van der Waals surface area contributed by atoms with E-state index in [1.54, 1.807) is 20.8 Å². The van der Waals surface area contributed by atoms with Gasteiger partial charge in [-0.1, -0.05) is 0 Å². The number of alkyl carbamates (subject to hydrolysis) is 1. The summed E-state index contributed by atoms with van der Waals surface area (Å²) in [5, 5.41) is 2.51. The van der Waals surface area contributed by atoms with E-state index in [0.29, 0.717) is 13.0 Å². The van der Waals surface area contributed by atoms with Crippen molar-refractivity contribution in [2.45, 2.75) is 45.3 Å². The van der Waals surface area contributed by atoms with E-state index in [2.05, 4.69) is 10.1 Å². The summed E-state index contributed by atoms with van der Waals surface area (Å²) in [5.41, 5.74) is -0.568. The molecule has 0 aliphatic carbocycles. The number of amides is 2. The lowest BCUT2D eigenvalue weighted by molar-refractivity contribution is -0.159. The van der Waals surface area contributed by atoms with Crippen molar-refractivity contribution in [3.05, 3.63) is 0 Å². The van der Waals surface area contributed by atoms with Crippen LogP contribution in [0.1, 0.15) is 33.6 Å². The van der Waals surface area contributed by atoms with Crippen LogP contribution in [0.15, 0.2) is 0 Å². The highest BCUT2D eigenvalue weighted by molar-refractivity contribution is 5.86. The molecule has 1 unspecified atom stereocenters. The van der Waals surface area contributed by atoms with Gasteiger partial charge in [-0.2, -0.15) is 0 Å². The molecule has 0 radical (unpaired) electrons. The molecule has 114 valence electrons. The van der Waals surface area contributed by atoms with Crippen LogP contribution >= 0.6 is 0 Å². The largest absolute Gasteiger partial charge is 0.467 e. The average molecular weight is 286 g/mol. The van der Waals surface area contributed by atoms with Crippen molar-refractivity contribution in [3.8, 4) is 0 Å². The molecule has 0 bridgehead atoms. The van der Waals surface area contributed by atoms with E-state index in [0.717, 1.165) is 0 Å². The topological polar surface area (TPSA) is 84.9 Å². The number of rotatable bonds is 4. The number of likely N-dealkylation sites (tertiary alicyclic amines) is 1. The quantitative estimate of drug-likeness (QED) is 0.768. The van der Waals surface area contributed by atoms with E-state index in [9.17, 15) is 14.4 Å². The Balaban J connectivity index is 2.27. The molecule has 1 fully saturated rings. The van der Waals surface area contributed by atoms with Crippen LogP contribution in [0.2, 0.25) is 0 Å². The van der Waals surface area contributed by atoms with E-state index < -0.39 is 23.7 Å². The second-order valence-electron chi connectivity index (χ2n) is 5.59. The fourth-order valence-corrected chi connectivity index (χ4v) is 1.80. The van der Waals surface area contributed by atoms with E-state index >= 15 is 0 Å². The second kappa shape index (κ2) is 6.58. The Hall–Kier alpha value is -1.79. The summed E-state index contributed by atoms with van der Waals surface area (Å²) in [4.78, 5) is 36.0. The Bertz CT molecular complexity index is 389. The number of methoxy groups -OCH3 is 1. The average Bonchev–Trinajstić information content (AvgIpc) is 2.24. The number of hydrogen-bond donors (Lipinski definition) is 1. The van der Waals surface area contributed by atoms with Crippen molar-refractivity contribution in [3.63, 3.8) is 0 Å². The highest BCUT2D eigenvalue weighted by atomic mass is 16.6. The zero-order valence-corrected chi connectivity index (χ0v) is 12.4. The predicted molar refractivity (Wildman–Crippen MR) is 71.0 cm³/mol. The number of nitrogens with one attached hydrogen (secondary N) is 1. The first-order valence-electron chi connectivity index (χ1n) is 6.59. The minimum absolute atomic E-state index is 0.132. The van der Waals surface area contributed by atoms with Crippen LogP contribution in [0.5, 0.6) is 0 Å². The molecule has 7 nitrogen and oxygen atoms in total. The fraction of sp³-hybridized carbons (Fsp3) is 0.769. The minimum Gasteiger partial charge on any atom is -0.467 e. The summed E-state index contributed by atoms with van der Waals surface area (Å²) in [7, 11) is 1.30. The summed E-state index contributed by atoms with van der Waals surface area (Å²) < 4.78 is 9.66. The molecule has 1 atom stereocenters. The maximum atomic E-state index is 11.8. The maximum absolute atomic E-state index is 11.8. The number of hydrogen-bond acceptors (Lipinski definition) is 5. The third kappa shape index (κ3) is 4.71. The number of nitrogens with zero attached hydrogens (tertiary/aromatic N) is 1. The molecule has 1 aliphatic heterocycles. The highest BCUT2D eigenvalue weighted by Gasteiger charge is 2.37. The first-order chi connectivity index (χ1) is 9.24. The normalized spacial score (nSPS) is 18.0. The molecule has 1 aliphatic rings. The zero-order chi connectivity index (χ0) is 15.3. The van der Waals surface area contributed by atoms with Crippen LogP contribution in [0.3, 0.4) is 0 Å². The third-order valence-electron chi connectivity index (χ3n) is 2.82. The van der Waals surface area contributed by atoms with Crippen molar-refractivity contribution in [2.24, 2.45) is 0 Å². The molecule has 0 spiro atoms. The molecule has 2 amide bonds. The molecule has 1 saturated heterocycles. The molecular weight excluding hydrogens is 264 g/mol. The molecule has 0 aromatic carbocycles. The molecule has 20 heavy (non-hydrogen) atoms. The Morgan fingerprint density at radius 1 is 1.30 bits per heavy atom. The molecule has 0 aromatic rings. The molecule has 0 saturated carbocycles. The van der Waals surface area contributed by atoms with E-state index in [4.69, 9.17) is 4.74 Å². The van der Waals surface area contributed by atoms with Gasteiger partial charge >= 0.3 is 12.1 Å². The van der Waals surface area contributed by atoms with Gasteiger partial charge in [0.15, 0.2) is 0 Å². The van der Waals surface area contributed by atoms with Gasteiger partial charge < -0.3 is 19.7 Å². The molecule has 7 heteroatoms. The van der Waals surface area contributed by atoms with Gasteiger partial charge in [-0.3, -0.25) is 4.79 Å². The summed E-state index contributed by atoms with van der Waals surface area (Å²) in [6.45, 7) is 6.01. The third-order valence-corrected chi connectivity index (χ3v) is 2.82. The van der Waals surface area contributed by atoms with Crippen molar-refractivity contribution in [2.75, 3.05) is 20.2 Å². The van der Waals surface area contributed by atoms with Crippen LogP contribution in [0.4, 0.5) is 4.79 Å². The van der Waals surface area contributed by atoms with Gasteiger partial charge in [0, 0.05) is 19.5 Å². The standard InChI is InChI=1S/C13H22N2O5/c1-13(2,3)20-12(18)14-7-5-10(16)15-8-6-9(15)11(17)19-4/h9H,5-8H2,1-4H3,(H,14,18). The van der Waals surface area contributed by atoms with Gasteiger partial charge in [-0.05, 0) is 27.2 Å². The van der Waals surface area contributed by atoms with Gasteiger partial charge in [0.05, 0.1) is 7.11 Å². The van der Waals surface area contributed by atoms with E-state index in [-0.39, 0.29) is 18.9 Å². The highest BCUT2D eigenvalue weighted by Crippen LogP contribution is 2.19. The van der Waals surface area contributed by atoms with Crippen molar-refractivity contribution in [1.82, 2.24) is 10.2 Å². The summed E-state index contributed by atoms with van der Waals surface area (Å²) in [6.07, 6.45) is 0.198. The summed E-state index contributed by atoms with van der Waals surface area (Å²) >= 11 is 0. The van der Waals surface area contributed by atoms with Crippen LogP contribution < -0.4 is 5.32 Å². The smallest absolute Gasteiger partial charge is 0.407 e. The molecule has 0 aromatic heterocycles. The van der Waals surface area contributed by atoms with Gasteiger partial charge in [0.25, 0.3) is 0 Å². The lowest BCUT2D eigenvalue weighted by Crippen LogP contribution is -2.55. The summed E-state index contributed by atoms with van der Waals surface area (Å²) in [6, 6.07) is -0.478. The van der Waals surface area contributed by atoms with Crippen LogP contribution in [0.25, 0.3) is 0 Å². The van der Waals surface area contributed by atoms with Gasteiger partial charge in [0.1, 0.15) is 11.6 Å².